The Bertz CT molecular complexity index is 1210. The van der Waals surface area contributed by atoms with Crippen LogP contribution < -0.4 is 10.1 Å². The number of aromatic nitrogens is 2. The molecule has 30 heavy (non-hydrogen) atoms. The predicted octanol–water partition coefficient (Wildman–Crippen LogP) is 6.51. The second-order valence-electron chi connectivity index (χ2n) is 7.70. The first-order valence-corrected chi connectivity index (χ1v) is 11.9. The molecule has 3 heterocycles. The van der Waals surface area contributed by atoms with Crippen LogP contribution in [0.15, 0.2) is 41.1 Å². The maximum atomic E-state index is 13.2. The Balaban J connectivity index is 1.44. The summed E-state index contributed by atoms with van der Waals surface area (Å²) in [5.41, 5.74) is 4.78. The van der Waals surface area contributed by atoms with Crippen molar-refractivity contribution in [1.82, 2.24) is 9.55 Å². The van der Waals surface area contributed by atoms with E-state index in [1.807, 2.05) is 30.5 Å². The van der Waals surface area contributed by atoms with Gasteiger partial charge in [-0.25, -0.2) is 4.98 Å². The van der Waals surface area contributed by atoms with Crippen molar-refractivity contribution in [3.8, 4) is 17.0 Å². The Morgan fingerprint density at radius 1 is 1.20 bits per heavy atom. The molecule has 0 bridgehead atoms. The number of benzene rings is 1. The van der Waals surface area contributed by atoms with E-state index in [-0.39, 0.29) is 5.91 Å². The maximum absolute atomic E-state index is 13.2. The molecule has 7 heteroatoms. The Morgan fingerprint density at radius 3 is 2.83 bits per heavy atom. The van der Waals surface area contributed by atoms with E-state index in [0.29, 0.717) is 11.2 Å². The number of thiazole rings is 1. The zero-order valence-electron chi connectivity index (χ0n) is 17.0. The molecule has 0 saturated heterocycles. The second-order valence-corrected chi connectivity index (χ2v) is 9.51. The van der Waals surface area contributed by atoms with Gasteiger partial charge in [0.25, 0.3) is 5.91 Å². The van der Waals surface area contributed by atoms with Crippen LogP contribution in [0.2, 0.25) is 0 Å². The van der Waals surface area contributed by atoms with Gasteiger partial charge in [0.15, 0.2) is 5.13 Å². The third kappa shape index (κ3) is 3.42. The molecule has 1 aromatic carbocycles. The van der Waals surface area contributed by atoms with Crippen LogP contribution in [-0.4, -0.2) is 22.6 Å². The van der Waals surface area contributed by atoms with Crippen LogP contribution in [0, 0.1) is 6.92 Å². The minimum atomic E-state index is -0.0950. The molecule has 0 spiro atoms. The van der Waals surface area contributed by atoms with E-state index in [0.717, 1.165) is 45.8 Å². The van der Waals surface area contributed by atoms with Gasteiger partial charge in [-0.2, -0.15) is 0 Å². The number of carbonyl (C=O) groups excluding carboxylic acids is 1. The Labute approximate surface area is 183 Å². The zero-order chi connectivity index (χ0) is 20.7. The molecule has 1 fully saturated rings. The number of anilines is 1. The molecule has 1 N–H and O–H groups in total. The molecule has 5 nitrogen and oxygen atoms in total. The smallest absolute Gasteiger partial charge is 0.274 e. The lowest BCUT2D eigenvalue weighted by atomic mass is 10.1. The first-order valence-electron chi connectivity index (χ1n) is 10.1. The predicted molar refractivity (Wildman–Crippen MR) is 124 cm³/mol. The van der Waals surface area contributed by atoms with E-state index in [4.69, 9.17) is 4.74 Å². The number of nitrogens with zero attached hydrogens (tertiary/aromatic N) is 2. The quantitative estimate of drug-likeness (QED) is 0.387. The van der Waals surface area contributed by atoms with Gasteiger partial charge in [-0.15, -0.1) is 22.7 Å². The van der Waals surface area contributed by atoms with Crippen molar-refractivity contribution in [3.63, 3.8) is 0 Å². The monoisotopic (exact) mass is 437 g/mol. The van der Waals surface area contributed by atoms with Gasteiger partial charge in [-0.3, -0.25) is 10.1 Å². The Kier molecular flexibility index (Phi) is 5.08. The third-order valence-corrected chi connectivity index (χ3v) is 7.35. The van der Waals surface area contributed by atoms with Crippen molar-refractivity contribution < 1.29 is 9.53 Å². The van der Waals surface area contributed by atoms with Gasteiger partial charge in [-0.1, -0.05) is 24.5 Å². The zero-order valence-corrected chi connectivity index (χ0v) is 18.6. The molecular weight excluding hydrogens is 414 g/mol. The summed E-state index contributed by atoms with van der Waals surface area (Å²) in [4.78, 5) is 17.9. The van der Waals surface area contributed by atoms with Gasteiger partial charge in [-0.05, 0) is 49.4 Å². The Morgan fingerprint density at radius 2 is 2.03 bits per heavy atom. The second kappa shape index (κ2) is 7.89. The molecule has 1 amide bonds. The van der Waals surface area contributed by atoms with Crippen LogP contribution in [0.4, 0.5) is 5.13 Å². The van der Waals surface area contributed by atoms with E-state index in [9.17, 15) is 4.79 Å². The van der Waals surface area contributed by atoms with Crippen molar-refractivity contribution in [2.75, 3.05) is 12.4 Å². The van der Waals surface area contributed by atoms with Crippen molar-refractivity contribution >= 4 is 43.9 Å². The van der Waals surface area contributed by atoms with E-state index in [1.54, 1.807) is 18.4 Å². The number of thiophene rings is 1. The van der Waals surface area contributed by atoms with Crippen molar-refractivity contribution in [2.45, 2.75) is 38.6 Å². The molecule has 0 aliphatic heterocycles. The molecule has 1 aliphatic carbocycles. The molecule has 0 unspecified atom stereocenters. The highest BCUT2D eigenvalue weighted by Gasteiger charge is 2.25. The molecule has 1 aliphatic rings. The number of nitrogens with one attached hydrogen (secondary N) is 1. The molecule has 4 aromatic rings. The molecule has 3 aromatic heterocycles. The summed E-state index contributed by atoms with van der Waals surface area (Å²) in [7, 11) is 1.66. The lowest BCUT2D eigenvalue weighted by molar-refractivity contribution is 0.101. The van der Waals surface area contributed by atoms with Crippen LogP contribution >= 0.6 is 22.7 Å². The highest BCUT2D eigenvalue weighted by molar-refractivity contribution is 7.17. The fourth-order valence-corrected chi connectivity index (χ4v) is 5.83. The van der Waals surface area contributed by atoms with E-state index in [2.05, 4.69) is 32.4 Å². The highest BCUT2D eigenvalue weighted by atomic mass is 32.1. The summed E-state index contributed by atoms with van der Waals surface area (Å²) in [6.07, 6.45) is 4.72. The van der Waals surface area contributed by atoms with Crippen LogP contribution in [0.1, 0.15) is 47.8 Å². The van der Waals surface area contributed by atoms with Gasteiger partial charge in [0, 0.05) is 17.0 Å². The average molecular weight is 438 g/mol. The molecule has 5 rings (SSSR count). The summed E-state index contributed by atoms with van der Waals surface area (Å²) >= 11 is 3.12. The third-order valence-electron chi connectivity index (χ3n) is 5.74. The normalized spacial score (nSPS) is 14.5. The van der Waals surface area contributed by atoms with Gasteiger partial charge in [0.2, 0.25) is 0 Å². The summed E-state index contributed by atoms with van der Waals surface area (Å²) in [6, 6.07) is 10.6. The number of ether oxygens (including phenoxy) is 1. The van der Waals surface area contributed by atoms with Crippen molar-refractivity contribution in [3.05, 3.63) is 52.3 Å². The molecular formula is C23H23N3O2S2. The average Bonchev–Trinajstić information content (AvgIpc) is 3.51. The molecule has 1 saturated carbocycles. The summed E-state index contributed by atoms with van der Waals surface area (Å²) < 4.78 is 8.89. The number of methoxy groups -OCH3 is 1. The van der Waals surface area contributed by atoms with Gasteiger partial charge in [0.1, 0.15) is 11.4 Å². The van der Waals surface area contributed by atoms with Crippen molar-refractivity contribution in [2.24, 2.45) is 0 Å². The van der Waals surface area contributed by atoms with E-state index >= 15 is 0 Å². The minimum Gasteiger partial charge on any atom is -0.496 e. The van der Waals surface area contributed by atoms with Gasteiger partial charge >= 0.3 is 0 Å². The van der Waals surface area contributed by atoms with Crippen LogP contribution in [0.3, 0.4) is 0 Å². The van der Waals surface area contributed by atoms with Gasteiger partial charge < -0.3 is 9.30 Å². The highest BCUT2D eigenvalue weighted by Crippen LogP contribution is 2.37. The SMILES string of the molecule is COc1ccc(C)cc1-c1csc(NC(=O)c2cc3sccc3n2C2CCCC2)n1. The van der Waals surface area contributed by atoms with Crippen molar-refractivity contribution in [1.29, 1.82) is 0 Å². The number of fused-ring (bicyclic) bond motifs is 1. The minimum absolute atomic E-state index is 0.0950. The van der Waals surface area contributed by atoms with Crippen LogP contribution in [0.25, 0.3) is 21.5 Å². The topological polar surface area (TPSA) is 56.1 Å². The first-order chi connectivity index (χ1) is 14.6. The summed E-state index contributed by atoms with van der Waals surface area (Å²) in [5, 5.41) is 7.68. The largest absolute Gasteiger partial charge is 0.496 e. The summed E-state index contributed by atoms with van der Waals surface area (Å²) in [5.74, 6) is 0.682. The van der Waals surface area contributed by atoms with E-state index in [1.165, 1.54) is 29.7 Å². The van der Waals surface area contributed by atoms with Crippen LogP contribution in [0.5, 0.6) is 5.75 Å². The number of hydrogen-bond donors (Lipinski definition) is 1. The molecule has 154 valence electrons. The lowest BCUT2D eigenvalue weighted by Gasteiger charge is -2.16. The lowest BCUT2D eigenvalue weighted by Crippen LogP contribution is -2.19. The first kappa shape index (κ1) is 19.3. The fraction of sp³-hybridized carbons (Fsp3) is 0.304. The number of hydrogen-bond acceptors (Lipinski definition) is 5. The summed E-state index contributed by atoms with van der Waals surface area (Å²) in [6.45, 7) is 2.04. The maximum Gasteiger partial charge on any atom is 0.274 e. The number of amides is 1. The Hall–Kier alpha value is -2.64. The molecule has 0 radical (unpaired) electrons. The number of aryl methyl sites for hydroxylation is 1. The fourth-order valence-electron chi connectivity index (χ4n) is 4.31. The van der Waals surface area contributed by atoms with E-state index < -0.39 is 0 Å². The van der Waals surface area contributed by atoms with Crippen LogP contribution in [-0.2, 0) is 0 Å². The van der Waals surface area contributed by atoms with Gasteiger partial charge in [0.05, 0.1) is 23.0 Å². The molecule has 0 atom stereocenters. The standard InChI is InChI=1S/C23H23N3O2S2/c1-14-7-8-20(28-2)16(11-14)17-13-30-23(24-17)25-22(27)19-12-21-18(9-10-29-21)26(19)15-5-3-4-6-15/h7-13,15H,3-6H2,1-2H3,(H,24,25,27). The number of rotatable bonds is 5. The number of carbonyl (C=O) groups is 1.